The van der Waals surface area contributed by atoms with Gasteiger partial charge in [-0.3, -0.25) is 14.9 Å². The first-order valence-electron chi connectivity index (χ1n) is 8.50. The summed E-state index contributed by atoms with van der Waals surface area (Å²) < 4.78 is 5.06. The molecule has 0 radical (unpaired) electrons. The minimum absolute atomic E-state index is 0.130. The van der Waals surface area contributed by atoms with E-state index in [0.29, 0.717) is 16.4 Å². The van der Waals surface area contributed by atoms with Gasteiger partial charge in [0.25, 0.3) is 5.91 Å². The number of nitrogens with one attached hydrogen (secondary N) is 3. The minimum Gasteiger partial charge on any atom is -0.459 e. The Hall–Kier alpha value is -3.42. The molecule has 0 saturated heterocycles. The normalized spacial score (nSPS) is 10.5. The number of hydrogen-bond donors (Lipinski definition) is 3. The Labute approximate surface area is 177 Å². The summed E-state index contributed by atoms with van der Waals surface area (Å²) in [6.07, 6.45) is 4.45. The summed E-state index contributed by atoms with van der Waals surface area (Å²) >= 11 is 11.0. The molecule has 0 atom stereocenters. The first kappa shape index (κ1) is 20.3. The number of thiocarbonyl (C=S) groups is 1. The Bertz CT molecular complexity index is 1050. The van der Waals surface area contributed by atoms with E-state index in [4.69, 9.17) is 28.2 Å². The lowest BCUT2D eigenvalue weighted by Gasteiger charge is -2.10. The fourth-order valence-corrected chi connectivity index (χ4v) is 2.68. The smallest absolute Gasteiger partial charge is 0.291 e. The van der Waals surface area contributed by atoms with Gasteiger partial charge in [-0.25, -0.2) is 0 Å². The second-order valence-corrected chi connectivity index (χ2v) is 6.69. The molecule has 0 fully saturated rings. The van der Waals surface area contributed by atoms with E-state index in [9.17, 15) is 9.59 Å². The molecule has 0 saturated carbocycles. The summed E-state index contributed by atoms with van der Waals surface area (Å²) in [6.45, 7) is 0. The predicted octanol–water partition coefficient (Wildman–Crippen LogP) is 4.71. The summed E-state index contributed by atoms with van der Waals surface area (Å²) in [5, 5.41) is 8.93. The van der Waals surface area contributed by atoms with E-state index in [2.05, 4.69) is 16.0 Å². The monoisotopic (exact) mass is 425 g/mol. The summed E-state index contributed by atoms with van der Waals surface area (Å²) in [6, 6.07) is 17.2. The highest BCUT2D eigenvalue weighted by Gasteiger charge is 2.09. The van der Waals surface area contributed by atoms with Crippen LogP contribution < -0.4 is 16.0 Å². The molecule has 1 heterocycles. The molecule has 2 amide bonds. The van der Waals surface area contributed by atoms with Gasteiger partial charge in [0.1, 0.15) is 0 Å². The fraction of sp³-hybridized carbons (Fsp3) is 0. The maximum absolute atomic E-state index is 12.0. The van der Waals surface area contributed by atoms with Gasteiger partial charge in [-0.15, -0.1) is 0 Å². The van der Waals surface area contributed by atoms with Crippen LogP contribution in [0.3, 0.4) is 0 Å². The molecule has 29 heavy (non-hydrogen) atoms. The zero-order valence-electron chi connectivity index (χ0n) is 15.0. The maximum atomic E-state index is 12.0. The number of benzene rings is 2. The fourth-order valence-electron chi connectivity index (χ4n) is 2.34. The summed E-state index contributed by atoms with van der Waals surface area (Å²) in [5.74, 6) is -0.534. The van der Waals surface area contributed by atoms with E-state index >= 15 is 0 Å². The van der Waals surface area contributed by atoms with Gasteiger partial charge in [0, 0.05) is 22.5 Å². The molecule has 0 aliphatic carbocycles. The third-order valence-corrected chi connectivity index (χ3v) is 4.11. The third-order valence-electron chi connectivity index (χ3n) is 3.66. The summed E-state index contributed by atoms with van der Waals surface area (Å²) in [5.41, 5.74) is 1.99. The number of amides is 2. The van der Waals surface area contributed by atoms with Gasteiger partial charge in [0.15, 0.2) is 10.9 Å². The lowest BCUT2D eigenvalue weighted by molar-refractivity contribution is -0.115. The van der Waals surface area contributed by atoms with Gasteiger partial charge in [-0.05, 0) is 66.3 Å². The summed E-state index contributed by atoms with van der Waals surface area (Å²) in [7, 11) is 0. The average molecular weight is 426 g/mol. The molecular formula is C21H16ClN3O3S. The molecule has 8 heteroatoms. The quantitative estimate of drug-likeness (QED) is 0.407. The van der Waals surface area contributed by atoms with E-state index < -0.39 is 0 Å². The number of rotatable bonds is 5. The molecule has 3 N–H and O–H groups in total. The van der Waals surface area contributed by atoms with Crippen molar-refractivity contribution in [1.29, 1.82) is 0 Å². The number of hydrogen-bond acceptors (Lipinski definition) is 4. The molecule has 146 valence electrons. The highest BCUT2D eigenvalue weighted by atomic mass is 35.5. The van der Waals surface area contributed by atoms with E-state index in [1.807, 2.05) is 0 Å². The molecule has 6 nitrogen and oxygen atoms in total. The maximum Gasteiger partial charge on any atom is 0.291 e. The Balaban J connectivity index is 1.54. The lowest BCUT2D eigenvalue weighted by Crippen LogP contribution is -2.32. The van der Waals surface area contributed by atoms with Crippen molar-refractivity contribution < 1.29 is 14.0 Å². The van der Waals surface area contributed by atoms with Crippen molar-refractivity contribution in [3.63, 3.8) is 0 Å². The Kier molecular flexibility index (Phi) is 6.78. The number of carbonyl (C=O) groups is 2. The molecule has 3 rings (SSSR count). The molecule has 0 aliphatic heterocycles. The van der Waals surface area contributed by atoms with Crippen LogP contribution in [0, 0.1) is 0 Å². The molecule has 0 spiro atoms. The molecular weight excluding hydrogens is 410 g/mol. The largest absolute Gasteiger partial charge is 0.459 e. The Morgan fingerprint density at radius 2 is 1.69 bits per heavy atom. The van der Waals surface area contributed by atoms with Crippen molar-refractivity contribution in [3.8, 4) is 0 Å². The van der Waals surface area contributed by atoms with Gasteiger partial charge in [-0.1, -0.05) is 29.8 Å². The topological polar surface area (TPSA) is 83.4 Å². The number of carbonyl (C=O) groups excluding carboxylic acids is 2. The van der Waals surface area contributed by atoms with Crippen molar-refractivity contribution in [1.82, 2.24) is 5.32 Å². The third kappa shape index (κ3) is 6.31. The molecule has 0 unspecified atom stereocenters. The van der Waals surface area contributed by atoms with Crippen molar-refractivity contribution in [2.75, 3.05) is 10.6 Å². The molecule has 0 aliphatic rings. The zero-order chi connectivity index (χ0) is 20.6. The Morgan fingerprint density at radius 3 is 2.38 bits per heavy atom. The first-order chi connectivity index (χ1) is 14.0. The van der Waals surface area contributed by atoms with Crippen LogP contribution in [0.4, 0.5) is 11.4 Å². The van der Waals surface area contributed by atoms with Gasteiger partial charge < -0.3 is 15.1 Å². The van der Waals surface area contributed by atoms with Crippen LogP contribution in [0.15, 0.2) is 77.4 Å². The van der Waals surface area contributed by atoms with Gasteiger partial charge in [0.05, 0.1) is 6.26 Å². The van der Waals surface area contributed by atoms with Gasteiger partial charge in [0.2, 0.25) is 5.91 Å². The zero-order valence-corrected chi connectivity index (χ0v) is 16.6. The highest BCUT2D eigenvalue weighted by molar-refractivity contribution is 7.80. The SMILES string of the molecule is O=C(/C=C/c1ccc(Cl)cc1)NC(=S)Nc1cccc(NC(=O)c2ccco2)c1. The second kappa shape index (κ2) is 9.68. The van der Waals surface area contributed by atoms with Crippen molar-refractivity contribution >= 4 is 58.2 Å². The van der Waals surface area contributed by atoms with Crippen molar-refractivity contribution in [3.05, 3.63) is 89.3 Å². The van der Waals surface area contributed by atoms with E-state index in [1.54, 1.807) is 66.7 Å². The highest BCUT2D eigenvalue weighted by Crippen LogP contribution is 2.16. The second-order valence-electron chi connectivity index (χ2n) is 5.84. The van der Waals surface area contributed by atoms with E-state index in [0.717, 1.165) is 5.56 Å². The van der Waals surface area contributed by atoms with Crippen molar-refractivity contribution in [2.45, 2.75) is 0 Å². The molecule has 3 aromatic rings. The van der Waals surface area contributed by atoms with Crippen LogP contribution in [0.25, 0.3) is 6.08 Å². The van der Waals surface area contributed by atoms with Gasteiger partial charge in [-0.2, -0.15) is 0 Å². The number of furan rings is 1. The number of halogens is 1. The Morgan fingerprint density at radius 1 is 0.966 bits per heavy atom. The van der Waals surface area contributed by atoms with Crippen LogP contribution in [0.2, 0.25) is 5.02 Å². The summed E-state index contributed by atoms with van der Waals surface area (Å²) in [4.78, 5) is 24.0. The van der Waals surface area contributed by atoms with Crippen LogP contribution in [0.1, 0.15) is 16.1 Å². The number of anilines is 2. The average Bonchev–Trinajstić information content (AvgIpc) is 3.23. The van der Waals surface area contributed by atoms with Crippen LogP contribution >= 0.6 is 23.8 Å². The van der Waals surface area contributed by atoms with Crippen LogP contribution in [-0.2, 0) is 4.79 Å². The molecule has 2 aromatic carbocycles. The first-order valence-corrected chi connectivity index (χ1v) is 9.29. The lowest BCUT2D eigenvalue weighted by atomic mass is 10.2. The van der Waals surface area contributed by atoms with Gasteiger partial charge >= 0.3 is 0 Å². The van der Waals surface area contributed by atoms with E-state index in [-0.39, 0.29) is 22.7 Å². The standard InChI is InChI=1S/C21H16ClN3O3S/c22-15-9-6-14(7-10-15)8-11-19(26)25-21(29)24-17-4-1-3-16(13-17)23-20(27)18-5-2-12-28-18/h1-13H,(H,23,27)(H2,24,25,26,29)/b11-8+. The minimum atomic E-state index is -0.375. The van der Waals surface area contributed by atoms with Crippen molar-refractivity contribution in [2.24, 2.45) is 0 Å². The predicted molar refractivity (Wildman–Crippen MR) is 118 cm³/mol. The van der Waals surface area contributed by atoms with Crippen LogP contribution in [-0.4, -0.2) is 16.9 Å². The molecule has 1 aromatic heterocycles. The van der Waals surface area contributed by atoms with E-state index in [1.165, 1.54) is 12.3 Å². The molecule has 0 bridgehead atoms. The van der Waals surface area contributed by atoms with Crippen LogP contribution in [0.5, 0.6) is 0 Å².